The zero-order valence-electron chi connectivity index (χ0n) is 25.5. The Morgan fingerprint density at radius 1 is 0.951 bits per heavy atom. The number of carbonyl (C=O) groups excluding carboxylic acids is 1. The maximum atomic E-state index is 13.7. The Morgan fingerprint density at radius 2 is 1.49 bits per heavy atom. The van der Waals surface area contributed by atoms with Gasteiger partial charge in [0, 0.05) is 13.6 Å². The number of rotatable bonds is 11. The summed E-state index contributed by atoms with van der Waals surface area (Å²) in [6.45, 7) is 13.6. The van der Waals surface area contributed by atoms with Crippen molar-refractivity contribution in [2.75, 3.05) is 42.9 Å². The third kappa shape index (κ3) is 8.33. The van der Waals surface area contributed by atoms with Gasteiger partial charge in [-0.2, -0.15) is 3.71 Å². The van der Waals surface area contributed by atoms with Gasteiger partial charge in [-0.25, -0.2) is 16.8 Å². The van der Waals surface area contributed by atoms with Crippen LogP contribution in [-0.4, -0.2) is 80.1 Å². The zero-order valence-corrected chi connectivity index (χ0v) is 28.2. The molecule has 2 aromatic rings. The summed E-state index contributed by atoms with van der Waals surface area (Å²) in [7, 11) is -8.56. The van der Waals surface area contributed by atoms with Crippen LogP contribution in [0.4, 0.5) is 5.69 Å². The van der Waals surface area contributed by atoms with E-state index in [0.717, 1.165) is 49.8 Å². The first-order chi connectivity index (χ1) is 18.8. The van der Waals surface area contributed by atoms with Gasteiger partial charge in [0.25, 0.3) is 0 Å². The van der Waals surface area contributed by atoms with Gasteiger partial charge in [0.2, 0.25) is 34.3 Å². The molecule has 2 aromatic carbocycles. The molecular weight excluding hydrogens is 579 g/mol. The first kappa shape index (κ1) is 33.1. The molecule has 0 bridgehead atoms. The maximum absolute atomic E-state index is 13.7. The van der Waals surface area contributed by atoms with E-state index in [0.29, 0.717) is 15.8 Å². The number of amides is 1. The monoisotopic (exact) mass is 623 g/mol. The van der Waals surface area contributed by atoms with Crippen LogP contribution >= 0.6 is 0 Å². The smallest absolute Gasteiger partial charge is 0.250 e. The summed E-state index contributed by atoms with van der Waals surface area (Å²) >= 11 is 0. The fourth-order valence-corrected chi connectivity index (χ4v) is 8.84. The van der Waals surface area contributed by atoms with Gasteiger partial charge in [-0.1, -0.05) is 51.1 Å². The van der Waals surface area contributed by atoms with E-state index in [1.807, 2.05) is 24.3 Å². The minimum absolute atomic E-state index is 0.0394. The quantitative estimate of drug-likeness (QED) is 0.336. The van der Waals surface area contributed by atoms with E-state index in [4.69, 9.17) is 4.43 Å². The van der Waals surface area contributed by atoms with E-state index in [1.54, 1.807) is 30.1 Å². The van der Waals surface area contributed by atoms with Crippen LogP contribution in [0.1, 0.15) is 50.8 Å². The molecule has 41 heavy (non-hydrogen) atoms. The lowest BCUT2D eigenvalue weighted by Gasteiger charge is -2.36. The van der Waals surface area contributed by atoms with Crippen molar-refractivity contribution in [3.8, 4) is 5.75 Å². The molecule has 1 atom stereocenters. The molecule has 12 heteroatoms. The third-order valence-electron chi connectivity index (χ3n) is 8.07. The number of likely N-dealkylation sites (N-methyl/N-ethyl adjacent to an activating group) is 1. The third-order valence-corrected chi connectivity index (χ3v) is 15.6. The van der Waals surface area contributed by atoms with Crippen LogP contribution in [0.15, 0.2) is 48.5 Å². The highest BCUT2D eigenvalue weighted by Gasteiger charge is 2.39. The molecule has 1 aliphatic heterocycles. The molecule has 3 rings (SSSR count). The topological polar surface area (TPSA) is 104 Å². The van der Waals surface area contributed by atoms with E-state index < -0.39 is 28.4 Å². The van der Waals surface area contributed by atoms with E-state index in [-0.39, 0.29) is 29.1 Å². The number of likely N-dealkylation sites (tertiary alicyclic amines) is 1. The summed E-state index contributed by atoms with van der Waals surface area (Å²) in [4.78, 5) is 17.7. The van der Waals surface area contributed by atoms with Crippen LogP contribution in [-0.2, 0) is 31.3 Å². The Balaban J connectivity index is 1.91. The van der Waals surface area contributed by atoms with Crippen LogP contribution in [0.3, 0.4) is 0 Å². The molecule has 1 fully saturated rings. The predicted molar refractivity (Wildman–Crippen MR) is 168 cm³/mol. The molecule has 0 spiro atoms. The highest BCUT2D eigenvalue weighted by Crippen LogP contribution is 2.38. The standard InChI is InChI=1S/C29H45N3O6S2Si/c1-29(2,3)41(7,8)38-25-17-15-23(16-18-25)27(22-31-19-11-12-20-31)30(4)28(33)21-24-13-9-10-14-26(24)32(39(5,34)35)40(6,36)37/h9-10,13-18,27H,11-12,19-22H2,1-8H3/t27-/m1/s1. The lowest BCUT2D eigenvalue weighted by Crippen LogP contribution is -2.43. The van der Waals surface area contributed by atoms with Crippen molar-refractivity contribution >= 4 is 40.0 Å². The van der Waals surface area contributed by atoms with Gasteiger partial charge in [-0.05, 0) is 73.4 Å². The van der Waals surface area contributed by atoms with Crippen LogP contribution in [0.25, 0.3) is 0 Å². The number of benzene rings is 2. The van der Waals surface area contributed by atoms with Crippen LogP contribution < -0.4 is 8.14 Å². The van der Waals surface area contributed by atoms with Gasteiger partial charge in [-0.3, -0.25) is 4.79 Å². The minimum Gasteiger partial charge on any atom is -0.544 e. The maximum Gasteiger partial charge on any atom is 0.250 e. The fourth-order valence-electron chi connectivity index (χ4n) is 4.77. The Kier molecular flexibility index (Phi) is 10.0. The highest BCUT2D eigenvalue weighted by atomic mass is 32.3. The van der Waals surface area contributed by atoms with Crippen molar-refractivity contribution in [2.24, 2.45) is 0 Å². The van der Waals surface area contributed by atoms with Gasteiger partial charge in [0.05, 0.1) is 30.7 Å². The van der Waals surface area contributed by atoms with E-state index in [9.17, 15) is 21.6 Å². The number of sulfonamides is 2. The molecule has 1 heterocycles. The first-order valence-electron chi connectivity index (χ1n) is 13.9. The molecule has 1 aliphatic rings. The second-order valence-electron chi connectivity index (χ2n) is 12.5. The number of anilines is 1. The minimum atomic E-state index is -4.15. The normalized spacial score (nSPS) is 15.9. The molecule has 0 unspecified atom stereocenters. The molecule has 0 aliphatic carbocycles. The van der Waals surface area contributed by atoms with Crippen molar-refractivity contribution in [1.29, 1.82) is 0 Å². The van der Waals surface area contributed by atoms with Crippen molar-refractivity contribution in [1.82, 2.24) is 9.80 Å². The lowest BCUT2D eigenvalue weighted by atomic mass is 10.0. The summed E-state index contributed by atoms with van der Waals surface area (Å²) < 4.78 is 56.6. The summed E-state index contributed by atoms with van der Waals surface area (Å²) in [6, 6.07) is 13.9. The molecule has 0 saturated carbocycles. The van der Waals surface area contributed by atoms with E-state index in [2.05, 4.69) is 38.8 Å². The number of carbonyl (C=O) groups is 1. The van der Waals surface area contributed by atoms with Crippen molar-refractivity contribution in [3.05, 3.63) is 59.7 Å². The van der Waals surface area contributed by atoms with E-state index in [1.165, 1.54) is 6.07 Å². The first-order valence-corrected chi connectivity index (χ1v) is 20.5. The van der Waals surface area contributed by atoms with Crippen molar-refractivity contribution in [2.45, 2.75) is 64.2 Å². The molecule has 0 N–H and O–H groups in total. The number of nitrogens with zero attached hydrogens (tertiary/aromatic N) is 3. The van der Waals surface area contributed by atoms with Crippen LogP contribution in [0.2, 0.25) is 18.1 Å². The van der Waals surface area contributed by atoms with Crippen LogP contribution in [0, 0.1) is 0 Å². The molecule has 0 radical (unpaired) electrons. The van der Waals surface area contributed by atoms with Gasteiger partial charge < -0.3 is 14.2 Å². The average Bonchev–Trinajstić information content (AvgIpc) is 3.34. The van der Waals surface area contributed by atoms with Crippen molar-refractivity contribution < 1.29 is 26.1 Å². The number of para-hydroxylation sites is 1. The Bertz CT molecular complexity index is 1400. The highest BCUT2D eigenvalue weighted by molar-refractivity contribution is 8.09. The van der Waals surface area contributed by atoms with Gasteiger partial charge in [-0.15, -0.1) is 0 Å². The summed E-state index contributed by atoms with van der Waals surface area (Å²) in [5.41, 5.74) is 1.25. The molecule has 1 amide bonds. The summed E-state index contributed by atoms with van der Waals surface area (Å²) in [6.07, 6.45) is 3.75. The molecular formula is C29H45N3O6S2Si. The SMILES string of the molecule is CN(C(=O)Cc1ccccc1N(S(C)(=O)=O)S(C)(=O)=O)[C@H](CN1CCCC1)c1ccc(O[Si](C)(C)C(C)(C)C)cc1. The number of hydrogen-bond donors (Lipinski definition) is 0. The molecule has 1 saturated heterocycles. The van der Waals surface area contributed by atoms with E-state index >= 15 is 0 Å². The van der Waals surface area contributed by atoms with Gasteiger partial charge in [0.15, 0.2) is 0 Å². The molecule has 0 aromatic heterocycles. The second kappa shape index (κ2) is 12.4. The molecule has 228 valence electrons. The van der Waals surface area contributed by atoms with Crippen molar-refractivity contribution in [3.63, 3.8) is 0 Å². The summed E-state index contributed by atoms with van der Waals surface area (Å²) in [5.74, 6) is 0.565. The Hall–Kier alpha value is -2.41. The second-order valence-corrected chi connectivity index (χ2v) is 21.1. The van der Waals surface area contributed by atoms with Crippen LogP contribution in [0.5, 0.6) is 5.75 Å². The number of hydrogen-bond acceptors (Lipinski definition) is 7. The van der Waals surface area contributed by atoms with Gasteiger partial charge in [0.1, 0.15) is 5.75 Å². The average molecular weight is 624 g/mol. The fraction of sp³-hybridized carbons (Fsp3) is 0.552. The largest absolute Gasteiger partial charge is 0.544 e. The Labute approximate surface area is 247 Å². The predicted octanol–water partition coefficient (Wildman–Crippen LogP) is 4.63. The zero-order chi connectivity index (χ0) is 30.8. The molecule has 9 nitrogen and oxygen atoms in total. The lowest BCUT2D eigenvalue weighted by molar-refractivity contribution is -0.131. The summed E-state index contributed by atoms with van der Waals surface area (Å²) in [5, 5.41) is 0.0662. The Morgan fingerprint density at radius 3 is 2.00 bits per heavy atom. The van der Waals surface area contributed by atoms with Gasteiger partial charge >= 0.3 is 0 Å².